The van der Waals surface area contributed by atoms with Crippen LogP contribution in [0.1, 0.15) is 17.2 Å². The number of benzene rings is 1. The minimum Gasteiger partial charge on any atom is -0.385 e. The Balaban J connectivity index is 2.36. The predicted octanol–water partition coefficient (Wildman–Crippen LogP) is 2.46. The first kappa shape index (κ1) is 12.6. The second kappa shape index (κ2) is 7.74. The van der Waals surface area contributed by atoms with E-state index in [1.165, 1.54) is 5.56 Å². The Labute approximate surface area is 96.2 Å². The molecule has 0 radical (unpaired) electrons. The van der Waals surface area contributed by atoms with Gasteiger partial charge < -0.3 is 10.5 Å². The van der Waals surface area contributed by atoms with Crippen LogP contribution in [0.2, 0.25) is 0 Å². The fraction of sp³-hybridized carbons (Fsp3) is 0.500. The standard InChI is InChI=1S/C12H19NOS/c1-14-8-5-9-15-12(10-13)11-6-3-2-4-7-11/h2-4,6-7,12H,5,8-10,13H2,1H3. The van der Waals surface area contributed by atoms with Crippen molar-refractivity contribution in [2.75, 3.05) is 26.0 Å². The minimum atomic E-state index is 0.419. The highest BCUT2D eigenvalue weighted by Crippen LogP contribution is 2.27. The number of ether oxygens (including phenoxy) is 1. The summed E-state index contributed by atoms with van der Waals surface area (Å²) in [5.74, 6) is 1.10. The van der Waals surface area contributed by atoms with Gasteiger partial charge in [0.1, 0.15) is 0 Å². The van der Waals surface area contributed by atoms with Gasteiger partial charge in [0.15, 0.2) is 0 Å². The number of nitrogens with two attached hydrogens (primary N) is 1. The molecule has 15 heavy (non-hydrogen) atoms. The summed E-state index contributed by atoms with van der Waals surface area (Å²) in [5.41, 5.74) is 7.09. The van der Waals surface area contributed by atoms with E-state index in [0.29, 0.717) is 11.8 Å². The molecule has 0 aliphatic heterocycles. The summed E-state index contributed by atoms with van der Waals surface area (Å²) in [6.07, 6.45) is 1.09. The van der Waals surface area contributed by atoms with Crippen LogP contribution in [-0.2, 0) is 4.74 Å². The highest BCUT2D eigenvalue weighted by molar-refractivity contribution is 7.99. The van der Waals surface area contributed by atoms with Crippen molar-refractivity contribution >= 4 is 11.8 Å². The molecule has 0 amide bonds. The molecule has 0 fully saturated rings. The lowest BCUT2D eigenvalue weighted by atomic mass is 10.1. The molecule has 2 N–H and O–H groups in total. The first-order valence-corrected chi connectivity index (χ1v) is 6.29. The van der Waals surface area contributed by atoms with E-state index >= 15 is 0 Å². The smallest absolute Gasteiger partial charge is 0.0470 e. The van der Waals surface area contributed by atoms with Crippen LogP contribution in [0.4, 0.5) is 0 Å². The zero-order valence-corrected chi connectivity index (χ0v) is 10.0. The fourth-order valence-corrected chi connectivity index (χ4v) is 2.45. The second-order valence-corrected chi connectivity index (χ2v) is 4.66. The van der Waals surface area contributed by atoms with Crippen LogP contribution < -0.4 is 5.73 Å². The molecule has 0 aliphatic rings. The van der Waals surface area contributed by atoms with Crippen LogP contribution in [0.3, 0.4) is 0 Å². The lowest BCUT2D eigenvalue weighted by molar-refractivity contribution is 0.200. The highest BCUT2D eigenvalue weighted by Gasteiger charge is 2.08. The minimum absolute atomic E-state index is 0.419. The Morgan fingerprint density at radius 1 is 1.33 bits per heavy atom. The maximum absolute atomic E-state index is 5.77. The van der Waals surface area contributed by atoms with Crippen LogP contribution >= 0.6 is 11.8 Å². The second-order valence-electron chi connectivity index (χ2n) is 3.35. The molecule has 0 aliphatic carbocycles. The molecule has 0 saturated carbocycles. The lowest BCUT2D eigenvalue weighted by Gasteiger charge is -2.14. The highest BCUT2D eigenvalue weighted by atomic mass is 32.2. The first-order valence-electron chi connectivity index (χ1n) is 5.24. The quantitative estimate of drug-likeness (QED) is 0.724. The van der Waals surface area contributed by atoms with Crippen LogP contribution in [0.15, 0.2) is 30.3 Å². The third-order valence-electron chi connectivity index (χ3n) is 2.20. The lowest BCUT2D eigenvalue weighted by Crippen LogP contribution is -2.10. The molecular weight excluding hydrogens is 206 g/mol. The number of hydrogen-bond donors (Lipinski definition) is 1. The summed E-state index contributed by atoms with van der Waals surface area (Å²) in [4.78, 5) is 0. The Kier molecular flexibility index (Phi) is 6.48. The summed E-state index contributed by atoms with van der Waals surface area (Å²) >= 11 is 1.91. The fourth-order valence-electron chi connectivity index (χ4n) is 1.40. The molecule has 0 spiro atoms. The molecule has 0 saturated heterocycles. The Morgan fingerprint density at radius 3 is 2.67 bits per heavy atom. The zero-order chi connectivity index (χ0) is 10.9. The van der Waals surface area contributed by atoms with Crippen LogP contribution in [-0.4, -0.2) is 26.0 Å². The van der Waals surface area contributed by atoms with Gasteiger partial charge in [0.05, 0.1) is 0 Å². The Bertz CT molecular complexity index is 253. The van der Waals surface area contributed by atoms with E-state index in [4.69, 9.17) is 10.5 Å². The van der Waals surface area contributed by atoms with Gasteiger partial charge in [-0.05, 0) is 17.7 Å². The summed E-state index contributed by atoms with van der Waals surface area (Å²) in [6, 6.07) is 10.4. The monoisotopic (exact) mass is 225 g/mol. The average molecular weight is 225 g/mol. The van der Waals surface area contributed by atoms with Gasteiger partial charge in [0.2, 0.25) is 0 Å². The van der Waals surface area contributed by atoms with Crippen molar-refractivity contribution < 1.29 is 4.74 Å². The SMILES string of the molecule is COCCCSC(CN)c1ccccc1. The molecule has 1 aromatic carbocycles. The van der Waals surface area contributed by atoms with E-state index in [-0.39, 0.29) is 0 Å². The molecule has 3 heteroatoms. The van der Waals surface area contributed by atoms with E-state index in [9.17, 15) is 0 Å². The summed E-state index contributed by atoms with van der Waals surface area (Å²) in [7, 11) is 1.74. The number of rotatable bonds is 7. The molecular formula is C12H19NOS. The van der Waals surface area contributed by atoms with Gasteiger partial charge in [0, 0.05) is 25.5 Å². The van der Waals surface area contributed by atoms with E-state index < -0.39 is 0 Å². The molecule has 2 nitrogen and oxygen atoms in total. The number of methoxy groups -OCH3 is 1. The van der Waals surface area contributed by atoms with Crippen LogP contribution in [0.5, 0.6) is 0 Å². The molecule has 1 aromatic rings. The van der Waals surface area contributed by atoms with Crippen molar-refractivity contribution in [2.24, 2.45) is 5.73 Å². The molecule has 1 unspecified atom stereocenters. The largest absolute Gasteiger partial charge is 0.385 e. The van der Waals surface area contributed by atoms with Gasteiger partial charge >= 0.3 is 0 Å². The van der Waals surface area contributed by atoms with Gasteiger partial charge in [0.25, 0.3) is 0 Å². The van der Waals surface area contributed by atoms with Crippen molar-refractivity contribution in [3.8, 4) is 0 Å². The van der Waals surface area contributed by atoms with Gasteiger partial charge in [-0.25, -0.2) is 0 Å². The van der Waals surface area contributed by atoms with Crippen LogP contribution in [0.25, 0.3) is 0 Å². The molecule has 0 aromatic heterocycles. The molecule has 0 heterocycles. The topological polar surface area (TPSA) is 35.2 Å². The third kappa shape index (κ3) is 4.69. The molecule has 1 atom stereocenters. The van der Waals surface area contributed by atoms with Crippen molar-refractivity contribution in [3.05, 3.63) is 35.9 Å². The maximum Gasteiger partial charge on any atom is 0.0470 e. The van der Waals surface area contributed by atoms with Gasteiger partial charge in [-0.3, -0.25) is 0 Å². The van der Waals surface area contributed by atoms with Crippen molar-refractivity contribution in [3.63, 3.8) is 0 Å². The number of hydrogen-bond acceptors (Lipinski definition) is 3. The van der Waals surface area contributed by atoms with Crippen molar-refractivity contribution in [2.45, 2.75) is 11.7 Å². The zero-order valence-electron chi connectivity index (χ0n) is 9.19. The Morgan fingerprint density at radius 2 is 2.07 bits per heavy atom. The normalized spacial score (nSPS) is 12.7. The van der Waals surface area contributed by atoms with Crippen molar-refractivity contribution in [1.82, 2.24) is 0 Å². The van der Waals surface area contributed by atoms with Crippen molar-refractivity contribution in [1.29, 1.82) is 0 Å². The average Bonchev–Trinajstić information content (AvgIpc) is 2.30. The molecule has 0 bridgehead atoms. The van der Waals surface area contributed by atoms with E-state index in [0.717, 1.165) is 18.8 Å². The van der Waals surface area contributed by atoms with Gasteiger partial charge in [-0.2, -0.15) is 11.8 Å². The van der Waals surface area contributed by atoms with Gasteiger partial charge in [-0.15, -0.1) is 0 Å². The van der Waals surface area contributed by atoms with E-state index in [2.05, 4.69) is 24.3 Å². The Hall–Kier alpha value is -0.510. The summed E-state index contributed by atoms with van der Waals surface area (Å²) in [6.45, 7) is 1.53. The van der Waals surface area contributed by atoms with E-state index in [1.54, 1.807) is 7.11 Å². The third-order valence-corrected chi connectivity index (χ3v) is 3.59. The summed E-state index contributed by atoms with van der Waals surface area (Å²) < 4.78 is 5.02. The number of thioether (sulfide) groups is 1. The van der Waals surface area contributed by atoms with Crippen LogP contribution in [0, 0.1) is 0 Å². The molecule has 84 valence electrons. The molecule has 1 rings (SSSR count). The predicted molar refractivity (Wildman–Crippen MR) is 67.2 cm³/mol. The van der Waals surface area contributed by atoms with E-state index in [1.807, 2.05) is 17.8 Å². The maximum atomic E-state index is 5.77. The first-order chi connectivity index (χ1) is 7.38. The summed E-state index contributed by atoms with van der Waals surface area (Å²) in [5, 5.41) is 0.419. The van der Waals surface area contributed by atoms with Gasteiger partial charge in [-0.1, -0.05) is 30.3 Å².